The molecule has 1 aromatic carbocycles. The number of alkyl halides is 3. The molecule has 1 aliphatic heterocycles. The highest BCUT2D eigenvalue weighted by molar-refractivity contribution is 5.77. The summed E-state index contributed by atoms with van der Waals surface area (Å²) < 4.78 is 41.3. The fourth-order valence-electron chi connectivity index (χ4n) is 3.13. The molecular weight excluding hydrogens is 337 g/mol. The van der Waals surface area contributed by atoms with E-state index in [1.807, 2.05) is 0 Å². The molecule has 0 spiro atoms. The Morgan fingerprint density at radius 2 is 2.08 bits per heavy atom. The second-order valence-corrected chi connectivity index (χ2v) is 5.94. The van der Waals surface area contributed by atoms with Crippen LogP contribution >= 0.6 is 0 Å². The molecule has 2 aromatic rings. The SMILES string of the molecule is O=C(CCn1cncn1)N1C[C@H](O)C[C@@H]1c1ccccc1C(F)(F)F. The molecule has 25 heavy (non-hydrogen) atoms. The molecular formula is C16H17F3N4O2. The number of carbonyl (C=O) groups excluding carboxylic acids is 1. The molecule has 1 fully saturated rings. The Labute approximate surface area is 141 Å². The summed E-state index contributed by atoms with van der Waals surface area (Å²) in [5.74, 6) is -0.325. The lowest BCUT2D eigenvalue weighted by Crippen LogP contribution is -2.33. The van der Waals surface area contributed by atoms with E-state index >= 15 is 0 Å². The van der Waals surface area contributed by atoms with E-state index in [0.29, 0.717) is 0 Å². The van der Waals surface area contributed by atoms with Gasteiger partial charge < -0.3 is 10.0 Å². The van der Waals surface area contributed by atoms with Crippen LogP contribution in [0.2, 0.25) is 0 Å². The fraction of sp³-hybridized carbons (Fsp3) is 0.438. The molecule has 0 bridgehead atoms. The number of carbonyl (C=O) groups is 1. The zero-order valence-electron chi connectivity index (χ0n) is 13.2. The van der Waals surface area contributed by atoms with Crippen molar-refractivity contribution in [3.63, 3.8) is 0 Å². The Bertz CT molecular complexity index is 733. The average Bonchev–Trinajstić information content (AvgIpc) is 3.21. The van der Waals surface area contributed by atoms with Gasteiger partial charge in [0.1, 0.15) is 12.7 Å². The number of aliphatic hydroxyl groups is 1. The number of amides is 1. The van der Waals surface area contributed by atoms with Crippen LogP contribution in [0.15, 0.2) is 36.9 Å². The largest absolute Gasteiger partial charge is 0.416 e. The number of halogens is 3. The first-order valence-electron chi connectivity index (χ1n) is 7.82. The molecule has 1 saturated heterocycles. The van der Waals surface area contributed by atoms with Crippen molar-refractivity contribution in [3.05, 3.63) is 48.0 Å². The predicted molar refractivity (Wildman–Crippen MR) is 81.2 cm³/mol. The molecule has 2 heterocycles. The second kappa shape index (κ2) is 6.83. The maximum atomic E-state index is 13.3. The third-order valence-electron chi connectivity index (χ3n) is 4.25. The quantitative estimate of drug-likeness (QED) is 0.912. The number of benzene rings is 1. The first-order chi connectivity index (χ1) is 11.9. The molecule has 1 aliphatic rings. The minimum atomic E-state index is -4.51. The van der Waals surface area contributed by atoms with Crippen molar-refractivity contribution < 1.29 is 23.1 Å². The maximum Gasteiger partial charge on any atom is 0.416 e. The lowest BCUT2D eigenvalue weighted by molar-refractivity contribution is -0.140. The zero-order valence-corrected chi connectivity index (χ0v) is 13.2. The van der Waals surface area contributed by atoms with Gasteiger partial charge in [0.15, 0.2) is 0 Å². The Kier molecular flexibility index (Phi) is 4.76. The van der Waals surface area contributed by atoms with E-state index < -0.39 is 23.9 Å². The molecule has 1 amide bonds. The number of rotatable bonds is 4. The Morgan fingerprint density at radius 3 is 2.76 bits per heavy atom. The summed E-state index contributed by atoms with van der Waals surface area (Å²) in [5, 5.41) is 13.8. The van der Waals surface area contributed by atoms with Crippen LogP contribution in [-0.2, 0) is 17.5 Å². The van der Waals surface area contributed by atoms with Crippen molar-refractivity contribution >= 4 is 5.91 Å². The summed E-state index contributed by atoms with van der Waals surface area (Å²) >= 11 is 0. The third kappa shape index (κ3) is 3.81. The number of hydrogen-bond donors (Lipinski definition) is 1. The molecule has 0 aliphatic carbocycles. The first kappa shape index (κ1) is 17.4. The van der Waals surface area contributed by atoms with Gasteiger partial charge in [0, 0.05) is 13.0 Å². The standard InChI is InChI=1S/C16H17F3N4O2/c17-16(18,19)13-4-2-1-3-12(13)14-7-11(24)8-23(14)15(25)5-6-22-10-20-9-21-22/h1-4,9-11,14,24H,5-8H2/t11-,14-/m1/s1. The monoisotopic (exact) mass is 354 g/mol. The van der Waals surface area contributed by atoms with Crippen LogP contribution in [0.3, 0.4) is 0 Å². The number of β-amino-alcohol motifs (C(OH)–C–C–N with tert-alkyl or cyclic N) is 1. The minimum absolute atomic E-state index is 0.0145. The smallest absolute Gasteiger partial charge is 0.391 e. The summed E-state index contributed by atoms with van der Waals surface area (Å²) in [5.41, 5.74) is -0.760. The maximum absolute atomic E-state index is 13.3. The number of nitrogens with zero attached hydrogens (tertiary/aromatic N) is 4. The molecule has 1 aromatic heterocycles. The Balaban J connectivity index is 1.81. The third-order valence-corrected chi connectivity index (χ3v) is 4.25. The van der Waals surface area contributed by atoms with Gasteiger partial charge in [-0.3, -0.25) is 9.48 Å². The van der Waals surface area contributed by atoms with E-state index in [1.54, 1.807) is 0 Å². The van der Waals surface area contributed by atoms with Gasteiger partial charge in [-0.25, -0.2) is 4.98 Å². The van der Waals surface area contributed by atoms with Crippen molar-refractivity contribution in [2.45, 2.75) is 37.7 Å². The highest BCUT2D eigenvalue weighted by atomic mass is 19.4. The number of hydrogen-bond acceptors (Lipinski definition) is 4. The van der Waals surface area contributed by atoms with Crippen molar-refractivity contribution in [2.75, 3.05) is 6.54 Å². The molecule has 0 saturated carbocycles. The molecule has 0 unspecified atom stereocenters. The van der Waals surface area contributed by atoms with Gasteiger partial charge in [0.25, 0.3) is 0 Å². The van der Waals surface area contributed by atoms with E-state index in [4.69, 9.17) is 0 Å². The summed E-state index contributed by atoms with van der Waals surface area (Å²) in [6, 6.07) is 4.39. The van der Waals surface area contributed by atoms with Crippen molar-refractivity contribution in [2.24, 2.45) is 0 Å². The van der Waals surface area contributed by atoms with Gasteiger partial charge in [0.05, 0.1) is 24.3 Å². The number of aryl methyl sites for hydroxylation is 1. The van der Waals surface area contributed by atoms with Crippen LogP contribution in [-0.4, -0.2) is 43.3 Å². The van der Waals surface area contributed by atoms with Crippen molar-refractivity contribution in [1.82, 2.24) is 19.7 Å². The van der Waals surface area contributed by atoms with Gasteiger partial charge in [-0.15, -0.1) is 0 Å². The van der Waals surface area contributed by atoms with Crippen molar-refractivity contribution in [3.8, 4) is 0 Å². The van der Waals surface area contributed by atoms with E-state index in [1.165, 1.54) is 40.4 Å². The van der Waals surface area contributed by atoms with Gasteiger partial charge in [-0.05, 0) is 18.1 Å². The number of likely N-dealkylation sites (tertiary alicyclic amines) is 1. The highest BCUT2D eigenvalue weighted by Crippen LogP contribution is 2.40. The normalized spacial score (nSPS) is 20.9. The van der Waals surface area contributed by atoms with Crippen LogP contribution < -0.4 is 0 Å². The molecule has 6 nitrogen and oxygen atoms in total. The van der Waals surface area contributed by atoms with Gasteiger partial charge in [-0.1, -0.05) is 18.2 Å². The van der Waals surface area contributed by atoms with Crippen LogP contribution in [0.5, 0.6) is 0 Å². The number of aromatic nitrogens is 3. The van der Waals surface area contributed by atoms with Gasteiger partial charge >= 0.3 is 6.18 Å². The van der Waals surface area contributed by atoms with E-state index in [2.05, 4.69) is 10.1 Å². The average molecular weight is 354 g/mol. The summed E-state index contributed by atoms with van der Waals surface area (Å²) in [7, 11) is 0. The summed E-state index contributed by atoms with van der Waals surface area (Å²) in [6.45, 7) is 0.298. The molecule has 0 radical (unpaired) electrons. The zero-order chi connectivity index (χ0) is 18.0. The number of aliphatic hydroxyl groups excluding tert-OH is 1. The Hall–Kier alpha value is -2.42. The van der Waals surface area contributed by atoms with E-state index in [-0.39, 0.29) is 37.4 Å². The minimum Gasteiger partial charge on any atom is -0.391 e. The van der Waals surface area contributed by atoms with Crippen LogP contribution in [0.4, 0.5) is 13.2 Å². The van der Waals surface area contributed by atoms with E-state index in [9.17, 15) is 23.1 Å². The lowest BCUT2D eigenvalue weighted by atomic mass is 9.97. The fourth-order valence-corrected chi connectivity index (χ4v) is 3.13. The lowest BCUT2D eigenvalue weighted by Gasteiger charge is -2.27. The predicted octanol–water partition coefficient (Wildman–Crippen LogP) is 2.02. The summed E-state index contributed by atoms with van der Waals surface area (Å²) in [4.78, 5) is 17.6. The van der Waals surface area contributed by atoms with Crippen LogP contribution in [0.1, 0.15) is 30.0 Å². The Morgan fingerprint density at radius 1 is 1.32 bits per heavy atom. The van der Waals surface area contributed by atoms with E-state index in [0.717, 1.165) is 6.07 Å². The molecule has 9 heteroatoms. The summed E-state index contributed by atoms with van der Waals surface area (Å²) in [6.07, 6.45) is -2.40. The molecule has 3 rings (SSSR count). The molecule has 134 valence electrons. The first-order valence-corrected chi connectivity index (χ1v) is 7.82. The second-order valence-electron chi connectivity index (χ2n) is 5.94. The van der Waals surface area contributed by atoms with Gasteiger partial charge in [-0.2, -0.15) is 18.3 Å². The van der Waals surface area contributed by atoms with Crippen molar-refractivity contribution in [1.29, 1.82) is 0 Å². The highest BCUT2D eigenvalue weighted by Gasteiger charge is 2.41. The topological polar surface area (TPSA) is 71.2 Å². The molecule has 1 N–H and O–H groups in total. The van der Waals surface area contributed by atoms with Crippen LogP contribution in [0, 0.1) is 0 Å². The van der Waals surface area contributed by atoms with Crippen LogP contribution in [0.25, 0.3) is 0 Å². The molecule has 2 atom stereocenters. The van der Waals surface area contributed by atoms with Gasteiger partial charge in [0.2, 0.25) is 5.91 Å².